The Morgan fingerprint density at radius 3 is 2.29 bits per heavy atom. The number of sulfonamides is 1. The molecule has 0 aliphatic carbocycles. The van der Waals surface area contributed by atoms with Crippen molar-refractivity contribution in [2.45, 2.75) is 17.9 Å². The van der Waals surface area contributed by atoms with Gasteiger partial charge in [-0.3, -0.25) is 0 Å². The summed E-state index contributed by atoms with van der Waals surface area (Å²) < 4.78 is 28.3. The molecule has 1 atom stereocenters. The molecule has 0 amide bonds. The Labute approximate surface area is 142 Å². The van der Waals surface area contributed by atoms with Gasteiger partial charge in [0.2, 0.25) is 10.0 Å². The van der Waals surface area contributed by atoms with Crippen molar-refractivity contribution in [3.05, 3.63) is 63.0 Å². The lowest BCUT2D eigenvalue weighted by Gasteiger charge is -2.25. The van der Waals surface area contributed by atoms with Crippen molar-refractivity contribution in [1.29, 1.82) is 0 Å². The highest BCUT2D eigenvalue weighted by molar-refractivity contribution is 9.11. The fourth-order valence-corrected chi connectivity index (χ4v) is 4.79. The van der Waals surface area contributed by atoms with E-state index < -0.39 is 10.0 Å². The minimum atomic E-state index is -3.58. The lowest BCUT2D eigenvalue weighted by Crippen LogP contribution is -2.30. The van der Waals surface area contributed by atoms with Crippen LogP contribution in [-0.4, -0.2) is 19.8 Å². The van der Waals surface area contributed by atoms with Gasteiger partial charge in [-0.1, -0.05) is 46.3 Å². The number of hydrogen-bond donors (Lipinski definition) is 0. The number of hydrogen-bond acceptors (Lipinski definition) is 2. The molecule has 0 radical (unpaired) electrons. The van der Waals surface area contributed by atoms with Crippen molar-refractivity contribution in [2.24, 2.45) is 0 Å². The van der Waals surface area contributed by atoms with E-state index in [-0.39, 0.29) is 10.9 Å². The summed E-state index contributed by atoms with van der Waals surface area (Å²) in [5, 5.41) is 0. The van der Waals surface area contributed by atoms with Crippen LogP contribution in [0.4, 0.5) is 0 Å². The van der Waals surface area contributed by atoms with Crippen LogP contribution in [0.3, 0.4) is 0 Å². The van der Waals surface area contributed by atoms with Gasteiger partial charge in [0.25, 0.3) is 0 Å². The van der Waals surface area contributed by atoms with Crippen molar-refractivity contribution >= 4 is 41.9 Å². The number of rotatable bonds is 4. The summed E-state index contributed by atoms with van der Waals surface area (Å²) in [7, 11) is -1.99. The highest BCUT2D eigenvalue weighted by Crippen LogP contribution is 2.31. The van der Waals surface area contributed by atoms with Crippen molar-refractivity contribution in [3.63, 3.8) is 0 Å². The Balaban J connectivity index is 2.41. The van der Waals surface area contributed by atoms with E-state index >= 15 is 0 Å². The zero-order valence-electron chi connectivity index (χ0n) is 11.6. The van der Waals surface area contributed by atoms with Crippen LogP contribution in [0.1, 0.15) is 18.5 Å². The maximum Gasteiger partial charge on any atom is 0.244 e. The Morgan fingerprint density at radius 2 is 1.67 bits per heavy atom. The molecule has 1 unspecified atom stereocenters. The molecule has 0 spiro atoms. The summed E-state index contributed by atoms with van der Waals surface area (Å²) in [6.45, 7) is 1.87. The van der Waals surface area contributed by atoms with E-state index in [2.05, 4.69) is 31.9 Å². The van der Waals surface area contributed by atoms with Crippen LogP contribution < -0.4 is 0 Å². The molecular formula is C15H15Br2NO2S. The van der Waals surface area contributed by atoms with E-state index in [0.29, 0.717) is 4.47 Å². The zero-order chi connectivity index (χ0) is 15.6. The summed E-state index contributed by atoms with van der Waals surface area (Å²) >= 11 is 6.63. The molecule has 0 bridgehead atoms. The topological polar surface area (TPSA) is 37.4 Å². The molecule has 0 aromatic heterocycles. The summed E-state index contributed by atoms with van der Waals surface area (Å²) in [4.78, 5) is 0.252. The van der Waals surface area contributed by atoms with Crippen molar-refractivity contribution in [3.8, 4) is 0 Å². The molecule has 0 aliphatic rings. The Bertz CT molecular complexity index is 733. The lowest BCUT2D eigenvalue weighted by atomic mass is 10.1. The Kier molecular flexibility index (Phi) is 5.24. The van der Waals surface area contributed by atoms with Gasteiger partial charge in [0.1, 0.15) is 0 Å². The van der Waals surface area contributed by atoms with Gasteiger partial charge >= 0.3 is 0 Å². The van der Waals surface area contributed by atoms with Crippen LogP contribution in [-0.2, 0) is 10.0 Å². The molecule has 0 saturated carbocycles. The summed E-state index contributed by atoms with van der Waals surface area (Å²) in [6.07, 6.45) is 0. The second-order valence-electron chi connectivity index (χ2n) is 4.68. The molecule has 0 saturated heterocycles. The molecule has 2 aromatic carbocycles. The summed E-state index contributed by atoms with van der Waals surface area (Å²) in [5.41, 5.74) is 0.953. The summed E-state index contributed by atoms with van der Waals surface area (Å²) in [5.74, 6) is 0. The SMILES string of the molecule is CC(c1ccccc1)N(C)S(=O)(=O)c1cc(Br)ccc1Br. The minimum absolute atomic E-state index is 0.248. The monoisotopic (exact) mass is 431 g/mol. The normalized spacial score (nSPS) is 13.4. The van der Waals surface area contributed by atoms with E-state index in [9.17, 15) is 8.42 Å². The number of halogens is 2. The van der Waals surface area contributed by atoms with Crippen LogP contribution >= 0.6 is 31.9 Å². The fourth-order valence-electron chi connectivity index (χ4n) is 1.98. The summed E-state index contributed by atoms with van der Waals surface area (Å²) in [6, 6.07) is 14.4. The molecule has 0 fully saturated rings. The predicted molar refractivity (Wildman–Crippen MR) is 91.6 cm³/mol. The van der Waals surface area contributed by atoms with E-state index in [1.165, 1.54) is 4.31 Å². The maximum absolute atomic E-state index is 12.8. The third kappa shape index (κ3) is 3.56. The molecule has 0 heterocycles. The molecule has 3 nitrogen and oxygen atoms in total. The van der Waals surface area contributed by atoms with Crippen molar-refractivity contribution in [2.75, 3.05) is 7.05 Å². The van der Waals surface area contributed by atoms with Gasteiger partial charge in [-0.15, -0.1) is 0 Å². The fraction of sp³-hybridized carbons (Fsp3) is 0.200. The zero-order valence-corrected chi connectivity index (χ0v) is 15.6. The van der Waals surface area contributed by atoms with Crippen molar-refractivity contribution < 1.29 is 8.42 Å². The van der Waals surface area contributed by atoms with Gasteiger partial charge in [0.15, 0.2) is 0 Å². The van der Waals surface area contributed by atoms with E-state index in [4.69, 9.17) is 0 Å². The smallest absolute Gasteiger partial charge is 0.207 e. The number of nitrogens with zero attached hydrogens (tertiary/aromatic N) is 1. The third-order valence-corrected chi connectivity index (χ3v) is 6.79. The standard InChI is InChI=1S/C15H15Br2NO2S/c1-11(12-6-4-3-5-7-12)18(2)21(19,20)15-10-13(16)8-9-14(15)17/h3-11H,1-2H3. The van der Waals surface area contributed by atoms with Gasteiger partial charge < -0.3 is 0 Å². The molecule has 112 valence electrons. The Morgan fingerprint density at radius 1 is 1.05 bits per heavy atom. The van der Waals surface area contributed by atoms with Gasteiger partial charge in [0, 0.05) is 22.0 Å². The molecular weight excluding hydrogens is 418 g/mol. The predicted octanol–water partition coefficient (Wildman–Crippen LogP) is 4.59. The van der Waals surface area contributed by atoms with Crippen molar-refractivity contribution in [1.82, 2.24) is 4.31 Å². The van der Waals surface area contributed by atoms with E-state index in [1.54, 1.807) is 25.2 Å². The molecule has 0 N–H and O–H groups in total. The molecule has 2 aromatic rings. The first-order valence-corrected chi connectivity index (χ1v) is 9.34. The second kappa shape index (κ2) is 6.60. The third-order valence-electron chi connectivity index (χ3n) is 3.38. The highest BCUT2D eigenvalue weighted by Gasteiger charge is 2.28. The maximum atomic E-state index is 12.8. The molecule has 0 aliphatic heterocycles. The van der Waals surface area contributed by atoms with Crippen LogP contribution in [0.5, 0.6) is 0 Å². The van der Waals surface area contributed by atoms with Gasteiger partial charge in [0.05, 0.1) is 4.90 Å². The van der Waals surface area contributed by atoms with Crippen LogP contribution in [0.25, 0.3) is 0 Å². The quantitative estimate of drug-likeness (QED) is 0.708. The number of benzene rings is 2. The van der Waals surface area contributed by atoms with E-state index in [0.717, 1.165) is 10.0 Å². The van der Waals surface area contributed by atoms with E-state index in [1.807, 2.05) is 37.3 Å². The largest absolute Gasteiger partial charge is 0.244 e. The van der Waals surface area contributed by atoms with Crippen LogP contribution in [0.15, 0.2) is 62.4 Å². The van der Waals surface area contributed by atoms with Gasteiger partial charge in [-0.25, -0.2) is 8.42 Å². The first-order valence-electron chi connectivity index (χ1n) is 6.32. The minimum Gasteiger partial charge on any atom is -0.207 e. The highest BCUT2D eigenvalue weighted by atomic mass is 79.9. The average molecular weight is 433 g/mol. The average Bonchev–Trinajstić information content (AvgIpc) is 2.49. The van der Waals surface area contributed by atoms with Gasteiger partial charge in [-0.05, 0) is 46.6 Å². The molecule has 2 rings (SSSR count). The molecule has 21 heavy (non-hydrogen) atoms. The Hall–Kier alpha value is -0.690. The lowest BCUT2D eigenvalue weighted by molar-refractivity contribution is 0.398. The first-order chi connectivity index (χ1) is 9.84. The first kappa shape index (κ1) is 16.7. The second-order valence-corrected chi connectivity index (χ2v) is 8.42. The van der Waals surface area contributed by atoms with Gasteiger partial charge in [-0.2, -0.15) is 4.31 Å². The molecule has 6 heteroatoms. The van der Waals surface area contributed by atoms with Crippen LogP contribution in [0, 0.1) is 0 Å². The van der Waals surface area contributed by atoms with Crippen LogP contribution in [0.2, 0.25) is 0 Å².